The Morgan fingerprint density at radius 2 is 1.83 bits per heavy atom. The van der Waals surface area contributed by atoms with Crippen molar-refractivity contribution in [2.24, 2.45) is 4.99 Å². The first-order valence-corrected chi connectivity index (χ1v) is 5.38. The van der Waals surface area contributed by atoms with Crippen molar-refractivity contribution in [3.8, 4) is 12.1 Å². The van der Waals surface area contributed by atoms with Gasteiger partial charge >= 0.3 is 0 Å². The molecule has 2 rings (SSSR count). The lowest BCUT2D eigenvalue weighted by Gasteiger charge is -2.17. The van der Waals surface area contributed by atoms with E-state index in [1.165, 1.54) is 0 Å². The van der Waals surface area contributed by atoms with E-state index in [2.05, 4.69) is 10.3 Å². The highest BCUT2D eigenvalue weighted by Crippen LogP contribution is 2.21. The summed E-state index contributed by atoms with van der Waals surface area (Å²) in [6.07, 6.45) is 1.66. The number of benzene rings is 1. The van der Waals surface area contributed by atoms with Crippen LogP contribution >= 0.6 is 0 Å². The van der Waals surface area contributed by atoms with Crippen LogP contribution in [0.5, 0.6) is 0 Å². The van der Waals surface area contributed by atoms with Crippen LogP contribution in [0.25, 0.3) is 5.70 Å². The topological polar surface area (TPSA) is 72.0 Å². The van der Waals surface area contributed by atoms with Gasteiger partial charge in [0.25, 0.3) is 0 Å². The molecular weight excluding hydrogens is 224 g/mol. The first-order chi connectivity index (χ1) is 8.76. The maximum atomic E-state index is 8.84. The molecule has 86 valence electrons. The molecule has 4 nitrogen and oxygen atoms in total. The van der Waals surface area contributed by atoms with Gasteiger partial charge in [-0.1, -0.05) is 30.3 Å². The van der Waals surface area contributed by atoms with E-state index >= 15 is 0 Å². The molecule has 0 atom stereocenters. The second kappa shape index (κ2) is 4.99. The van der Waals surface area contributed by atoms with Gasteiger partial charge in [-0.25, -0.2) is 4.99 Å². The normalized spacial score (nSPS) is 13.6. The largest absolute Gasteiger partial charge is 0.338 e. The van der Waals surface area contributed by atoms with Gasteiger partial charge in [-0.15, -0.1) is 0 Å². The Hall–Kier alpha value is -2.85. The molecule has 0 fully saturated rings. The van der Waals surface area contributed by atoms with Crippen LogP contribution in [0.4, 0.5) is 0 Å². The standard InChI is InChI=1S/C14H10N4/c1-10-9-17-14(12(7-15)8-16)18-13(10)11-5-3-2-4-6-11/h2-6,9,18H,1H3. The Kier molecular flexibility index (Phi) is 3.22. The predicted molar refractivity (Wildman–Crippen MR) is 68.9 cm³/mol. The molecule has 0 amide bonds. The number of nitriles is 2. The number of aliphatic imine (C=N–C) groups is 1. The van der Waals surface area contributed by atoms with Crippen LogP contribution in [-0.4, -0.2) is 6.21 Å². The van der Waals surface area contributed by atoms with Crippen molar-refractivity contribution >= 4 is 11.9 Å². The molecule has 18 heavy (non-hydrogen) atoms. The van der Waals surface area contributed by atoms with E-state index in [0.29, 0.717) is 5.82 Å². The highest BCUT2D eigenvalue weighted by Gasteiger charge is 2.14. The lowest BCUT2D eigenvalue weighted by molar-refractivity contribution is 1.01. The van der Waals surface area contributed by atoms with Crippen LogP contribution in [0.1, 0.15) is 12.5 Å². The van der Waals surface area contributed by atoms with Crippen LogP contribution < -0.4 is 5.32 Å². The zero-order valence-corrected chi connectivity index (χ0v) is 9.81. The number of rotatable bonds is 1. The summed E-state index contributed by atoms with van der Waals surface area (Å²) in [5, 5.41) is 20.7. The molecule has 0 saturated heterocycles. The summed E-state index contributed by atoms with van der Waals surface area (Å²) in [5.41, 5.74) is 2.80. The second-order valence-corrected chi connectivity index (χ2v) is 3.75. The van der Waals surface area contributed by atoms with E-state index in [4.69, 9.17) is 10.5 Å². The van der Waals surface area contributed by atoms with Gasteiger partial charge in [-0.3, -0.25) is 0 Å². The third-order valence-corrected chi connectivity index (χ3v) is 2.55. The van der Waals surface area contributed by atoms with Crippen molar-refractivity contribution < 1.29 is 0 Å². The molecule has 1 heterocycles. The SMILES string of the molecule is CC1=C(c2ccccc2)NC(=C(C#N)C#N)N=C1. The van der Waals surface area contributed by atoms with Crippen LogP contribution in [0.3, 0.4) is 0 Å². The van der Waals surface area contributed by atoms with Gasteiger partial charge in [-0.2, -0.15) is 10.5 Å². The molecule has 1 aromatic rings. The van der Waals surface area contributed by atoms with E-state index in [1.54, 1.807) is 6.21 Å². The minimum absolute atomic E-state index is 0.0211. The van der Waals surface area contributed by atoms with Gasteiger partial charge in [0.2, 0.25) is 0 Å². The minimum Gasteiger partial charge on any atom is -0.338 e. The summed E-state index contributed by atoms with van der Waals surface area (Å²) in [4.78, 5) is 4.07. The van der Waals surface area contributed by atoms with Gasteiger partial charge in [0.15, 0.2) is 11.4 Å². The Labute approximate surface area is 105 Å². The summed E-state index contributed by atoms with van der Waals surface area (Å²) in [7, 11) is 0. The summed E-state index contributed by atoms with van der Waals surface area (Å²) in [6.45, 7) is 1.92. The average molecular weight is 234 g/mol. The fourth-order valence-electron chi connectivity index (χ4n) is 1.64. The molecule has 1 aliphatic heterocycles. The van der Waals surface area contributed by atoms with E-state index in [-0.39, 0.29) is 5.57 Å². The first kappa shape index (κ1) is 11.6. The fraction of sp³-hybridized carbons (Fsp3) is 0.0714. The maximum absolute atomic E-state index is 8.84. The molecule has 0 saturated carbocycles. The lowest BCUT2D eigenvalue weighted by Crippen LogP contribution is -2.18. The van der Waals surface area contributed by atoms with Crippen LogP contribution in [0.15, 0.2) is 52.3 Å². The quantitative estimate of drug-likeness (QED) is 0.758. The second-order valence-electron chi connectivity index (χ2n) is 3.75. The van der Waals surface area contributed by atoms with Crippen LogP contribution in [-0.2, 0) is 0 Å². The Morgan fingerprint density at radius 3 is 2.44 bits per heavy atom. The maximum Gasteiger partial charge on any atom is 0.172 e. The van der Waals surface area contributed by atoms with Crippen molar-refractivity contribution in [1.82, 2.24) is 5.32 Å². The molecular formula is C14H10N4. The van der Waals surface area contributed by atoms with E-state index < -0.39 is 0 Å². The minimum atomic E-state index is -0.0211. The highest BCUT2D eigenvalue weighted by atomic mass is 15.1. The van der Waals surface area contributed by atoms with Crippen molar-refractivity contribution in [3.05, 3.63) is 52.9 Å². The van der Waals surface area contributed by atoms with Crippen molar-refractivity contribution in [2.75, 3.05) is 0 Å². The monoisotopic (exact) mass is 234 g/mol. The summed E-state index contributed by atoms with van der Waals surface area (Å²) in [6, 6.07) is 13.4. The Balaban J connectivity index is 2.46. The van der Waals surface area contributed by atoms with Crippen LogP contribution in [0, 0.1) is 22.7 Å². The number of nitrogens with one attached hydrogen (secondary N) is 1. The van der Waals surface area contributed by atoms with Gasteiger partial charge in [0.1, 0.15) is 12.1 Å². The Bertz CT molecular complexity index is 621. The molecule has 1 aliphatic rings. The number of allylic oxidation sites excluding steroid dienone is 2. The summed E-state index contributed by atoms with van der Waals surface area (Å²) in [5.74, 6) is 0.296. The lowest BCUT2D eigenvalue weighted by atomic mass is 10.1. The van der Waals surface area contributed by atoms with Gasteiger partial charge in [0, 0.05) is 6.21 Å². The molecule has 0 bridgehead atoms. The average Bonchev–Trinajstić information content (AvgIpc) is 2.43. The number of hydrogen-bond acceptors (Lipinski definition) is 4. The van der Waals surface area contributed by atoms with E-state index in [9.17, 15) is 0 Å². The third-order valence-electron chi connectivity index (χ3n) is 2.55. The van der Waals surface area contributed by atoms with Crippen molar-refractivity contribution in [2.45, 2.75) is 6.92 Å². The summed E-state index contributed by atoms with van der Waals surface area (Å²) < 4.78 is 0. The van der Waals surface area contributed by atoms with E-state index in [0.717, 1.165) is 16.8 Å². The van der Waals surface area contributed by atoms with E-state index in [1.807, 2.05) is 49.4 Å². The van der Waals surface area contributed by atoms with Gasteiger partial charge in [-0.05, 0) is 18.1 Å². The number of hydrogen-bond donors (Lipinski definition) is 1. The van der Waals surface area contributed by atoms with Gasteiger partial charge < -0.3 is 5.32 Å². The fourth-order valence-corrected chi connectivity index (χ4v) is 1.64. The molecule has 0 aromatic heterocycles. The molecule has 0 aliphatic carbocycles. The van der Waals surface area contributed by atoms with Crippen molar-refractivity contribution in [3.63, 3.8) is 0 Å². The van der Waals surface area contributed by atoms with Crippen molar-refractivity contribution in [1.29, 1.82) is 10.5 Å². The molecule has 0 radical (unpaired) electrons. The number of nitrogens with zero attached hydrogens (tertiary/aromatic N) is 3. The first-order valence-electron chi connectivity index (χ1n) is 5.38. The zero-order valence-electron chi connectivity index (χ0n) is 9.81. The molecule has 1 aromatic carbocycles. The van der Waals surface area contributed by atoms with Crippen LogP contribution in [0.2, 0.25) is 0 Å². The zero-order chi connectivity index (χ0) is 13.0. The molecule has 4 heteroatoms. The Morgan fingerprint density at radius 1 is 1.17 bits per heavy atom. The smallest absolute Gasteiger partial charge is 0.172 e. The third kappa shape index (κ3) is 2.14. The van der Waals surface area contributed by atoms with Gasteiger partial charge in [0.05, 0.1) is 5.70 Å². The molecule has 0 spiro atoms. The predicted octanol–water partition coefficient (Wildman–Crippen LogP) is 2.35. The highest BCUT2D eigenvalue weighted by molar-refractivity contribution is 5.92. The summed E-state index contributed by atoms with van der Waals surface area (Å²) >= 11 is 0. The molecule has 1 N–H and O–H groups in total. The molecule has 0 unspecified atom stereocenters.